The van der Waals surface area contributed by atoms with Gasteiger partial charge in [0.15, 0.2) is 28.3 Å². The Hall–Kier alpha value is -4.10. The Labute approximate surface area is 271 Å². The number of nitrogens with one attached hydrogen (secondary N) is 1. The van der Waals surface area contributed by atoms with E-state index in [1.807, 2.05) is 60.7 Å². The van der Waals surface area contributed by atoms with Crippen LogP contribution in [0, 0.1) is 0 Å². The van der Waals surface area contributed by atoms with Crippen LogP contribution < -0.4 is 5.48 Å². The summed E-state index contributed by atoms with van der Waals surface area (Å²) < 4.78 is 37.8. The number of sulfone groups is 1. The average molecular weight is 662 g/mol. The predicted octanol–water partition coefficient (Wildman–Crippen LogP) is 5.59. The quantitative estimate of drug-likeness (QED) is 0.182. The van der Waals surface area contributed by atoms with Crippen LogP contribution in [-0.4, -0.2) is 61.9 Å². The second kappa shape index (κ2) is 14.1. The molecule has 2 aromatic carbocycles. The zero-order valence-electron chi connectivity index (χ0n) is 25.2. The highest BCUT2D eigenvalue weighted by molar-refractivity contribution is 7.92. The van der Waals surface area contributed by atoms with Crippen molar-refractivity contribution < 1.29 is 32.0 Å². The Kier molecular flexibility index (Phi) is 9.78. The summed E-state index contributed by atoms with van der Waals surface area (Å²) in [5.41, 5.74) is 5.08. The highest BCUT2D eigenvalue weighted by Gasteiger charge is 2.50. The molecule has 0 saturated carbocycles. The van der Waals surface area contributed by atoms with Gasteiger partial charge in [-0.3, -0.25) is 9.59 Å². The maximum absolute atomic E-state index is 14.2. The molecule has 2 amide bonds. The van der Waals surface area contributed by atoms with E-state index < -0.39 is 26.8 Å². The SMILES string of the molecule is O=C(CC1(c2ccc(-c3ccc(-c4cnco4)cc3)s2)CCN(C(=O)/C=C/c2ccccc2)CCS1(=O)=O)NOC1CCCCO1. The summed E-state index contributed by atoms with van der Waals surface area (Å²) >= 11 is 1.33. The predicted molar refractivity (Wildman–Crippen MR) is 175 cm³/mol. The fourth-order valence-electron chi connectivity index (χ4n) is 5.75. The van der Waals surface area contributed by atoms with Crippen molar-refractivity contribution in [1.29, 1.82) is 0 Å². The molecule has 240 valence electrons. The molecular weight excluding hydrogens is 627 g/mol. The smallest absolute Gasteiger partial charge is 0.246 e. The van der Waals surface area contributed by atoms with Gasteiger partial charge in [-0.2, -0.15) is 0 Å². The van der Waals surface area contributed by atoms with Crippen LogP contribution in [0.3, 0.4) is 0 Å². The minimum Gasteiger partial charge on any atom is -0.444 e. The normalized spacial score (nSPS) is 21.6. The Morgan fingerprint density at radius 1 is 1.04 bits per heavy atom. The number of carbonyl (C=O) groups is 2. The lowest BCUT2D eigenvalue weighted by molar-refractivity contribution is -0.200. The molecule has 2 unspecified atom stereocenters. The van der Waals surface area contributed by atoms with Crippen molar-refractivity contribution in [3.8, 4) is 21.8 Å². The van der Waals surface area contributed by atoms with Gasteiger partial charge in [0.05, 0.1) is 18.4 Å². The van der Waals surface area contributed by atoms with Gasteiger partial charge in [-0.1, -0.05) is 54.6 Å². The lowest BCUT2D eigenvalue weighted by Crippen LogP contribution is -2.43. The molecule has 0 spiro atoms. The summed E-state index contributed by atoms with van der Waals surface area (Å²) in [4.78, 5) is 39.0. The molecule has 2 aromatic heterocycles. The number of carbonyl (C=O) groups excluding carboxylic acids is 2. The number of oxazole rings is 1. The zero-order chi connectivity index (χ0) is 32.0. The number of rotatable bonds is 9. The van der Waals surface area contributed by atoms with Crippen LogP contribution in [0.1, 0.15) is 42.5 Å². The fourth-order valence-corrected chi connectivity index (χ4v) is 9.36. The largest absolute Gasteiger partial charge is 0.444 e. The van der Waals surface area contributed by atoms with Crippen LogP contribution in [0.15, 0.2) is 89.8 Å². The molecule has 4 aromatic rings. The van der Waals surface area contributed by atoms with Crippen LogP contribution in [-0.2, 0) is 33.7 Å². The van der Waals surface area contributed by atoms with E-state index in [9.17, 15) is 18.0 Å². The summed E-state index contributed by atoms with van der Waals surface area (Å²) in [7, 11) is -3.93. The molecule has 46 heavy (non-hydrogen) atoms. The summed E-state index contributed by atoms with van der Waals surface area (Å²) in [6.07, 6.45) is 7.80. The highest BCUT2D eigenvalue weighted by Crippen LogP contribution is 2.45. The van der Waals surface area contributed by atoms with Gasteiger partial charge in [0, 0.05) is 47.5 Å². The summed E-state index contributed by atoms with van der Waals surface area (Å²) in [6, 6.07) is 20.8. The van der Waals surface area contributed by atoms with E-state index >= 15 is 0 Å². The van der Waals surface area contributed by atoms with Gasteiger partial charge in [0.1, 0.15) is 4.75 Å². The first kappa shape index (κ1) is 31.9. The Balaban J connectivity index is 1.27. The molecule has 10 nitrogen and oxygen atoms in total. The van der Waals surface area contributed by atoms with Gasteiger partial charge in [-0.15, -0.1) is 11.3 Å². The third kappa shape index (κ3) is 7.15. The van der Waals surface area contributed by atoms with E-state index in [-0.39, 0.29) is 37.6 Å². The van der Waals surface area contributed by atoms with Gasteiger partial charge in [0.25, 0.3) is 0 Å². The van der Waals surface area contributed by atoms with Gasteiger partial charge < -0.3 is 14.1 Å². The van der Waals surface area contributed by atoms with Crippen LogP contribution in [0.5, 0.6) is 0 Å². The van der Waals surface area contributed by atoms with Gasteiger partial charge in [-0.25, -0.2) is 23.7 Å². The van der Waals surface area contributed by atoms with E-state index in [2.05, 4.69) is 10.5 Å². The molecule has 12 heteroatoms. The first-order valence-electron chi connectivity index (χ1n) is 15.2. The number of amides is 2. The molecule has 2 aliphatic rings. The van der Waals surface area contributed by atoms with Crippen molar-refractivity contribution in [2.45, 2.75) is 43.1 Å². The minimum absolute atomic E-state index is 0.0252. The number of hydroxylamine groups is 1. The number of benzene rings is 2. The van der Waals surface area contributed by atoms with E-state index in [0.717, 1.165) is 34.4 Å². The standard InChI is InChI=1S/C34H35N3O7S2/c38-31(36-44-33-8-4-5-20-42-33)22-34(30-15-14-29(45-30)27-12-10-26(11-13-27)28-23-35-24-43-28)17-18-37(19-21-46(34,40)41)32(39)16-9-25-6-2-1-3-7-25/h1-3,6-7,9-16,23-24,33H,4-5,8,17-22H2,(H,36,38)/b16-9+. The summed E-state index contributed by atoms with van der Waals surface area (Å²) in [5, 5.41) is 0. The monoisotopic (exact) mass is 661 g/mol. The number of hydrogen-bond donors (Lipinski definition) is 1. The van der Waals surface area contributed by atoms with Crippen LogP contribution in [0.4, 0.5) is 0 Å². The molecule has 0 bridgehead atoms. The van der Waals surface area contributed by atoms with E-state index in [1.54, 1.807) is 23.2 Å². The van der Waals surface area contributed by atoms with Crippen molar-refractivity contribution in [3.63, 3.8) is 0 Å². The van der Waals surface area contributed by atoms with Crippen molar-refractivity contribution in [3.05, 3.63) is 95.8 Å². The summed E-state index contributed by atoms with van der Waals surface area (Å²) in [5.74, 6) is -0.480. The third-order valence-corrected chi connectivity index (χ3v) is 12.3. The second-order valence-corrected chi connectivity index (χ2v) is 14.9. The molecular formula is C34H35N3O7S2. The van der Waals surface area contributed by atoms with Crippen molar-refractivity contribution in [2.24, 2.45) is 0 Å². The number of ether oxygens (including phenoxy) is 1. The molecule has 4 heterocycles. The van der Waals surface area contributed by atoms with Gasteiger partial charge in [0.2, 0.25) is 11.8 Å². The first-order valence-corrected chi connectivity index (χ1v) is 17.7. The van der Waals surface area contributed by atoms with Crippen LogP contribution in [0.2, 0.25) is 0 Å². The lowest BCUT2D eigenvalue weighted by atomic mass is 9.97. The first-order chi connectivity index (χ1) is 22.3. The molecule has 2 aliphatic heterocycles. The van der Waals surface area contributed by atoms with Gasteiger partial charge >= 0.3 is 0 Å². The maximum atomic E-state index is 14.2. The Morgan fingerprint density at radius 2 is 1.85 bits per heavy atom. The average Bonchev–Trinajstić information content (AvgIpc) is 3.78. The summed E-state index contributed by atoms with van der Waals surface area (Å²) in [6.45, 7) is 0.729. The zero-order valence-corrected chi connectivity index (χ0v) is 26.8. The second-order valence-electron chi connectivity index (χ2n) is 11.4. The van der Waals surface area contributed by atoms with Crippen LogP contribution in [0.25, 0.3) is 27.8 Å². The molecule has 1 N–H and O–H groups in total. The maximum Gasteiger partial charge on any atom is 0.246 e. The number of thiophene rings is 1. The van der Waals surface area contributed by atoms with Crippen molar-refractivity contribution in [2.75, 3.05) is 25.4 Å². The molecule has 2 fully saturated rings. The molecule has 0 radical (unpaired) electrons. The van der Waals surface area contributed by atoms with E-state index in [0.29, 0.717) is 23.7 Å². The highest BCUT2D eigenvalue weighted by atomic mass is 32.2. The number of aromatic nitrogens is 1. The molecule has 0 aliphatic carbocycles. The number of hydrogen-bond acceptors (Lipinski definition) is 9. The molecule has 2 saturated heterocycles. The van der Waals surface area contributed by atoms with Crippen LogP contribution >= 0.6 is 11.3 Å². The topological polar surface area (TPSA) is 128 Å². The number of nitrogens with zero attached hydrogens (tertiary/aromatic N) is 2. The lowest BCUT2D eigenvalue weighted by Gasteiger charge is -2.31. The fraction of sp³-hybridized carbons (Fsp3) is 0.324. The van der Waals surface area contributed by atoms with Crippen molar-refractivity contribution in [1.82, 2.24) is 15.4 Å². The van der Waals surface area contributed by atoms with Gasteiger partial charge in [-0.05, 0) is 48.6 Å². The molecule has 2 atom stereocenters. The third-order valence-electron chi connectivity index (χ3n) is 8.37. The van der Waals surface area contributed by atoms with E-state index in [4.69, 9.17) is 14.0 Å². The molecule has 6 rings (SSSR count). The van der Waals surface area contributed by atoms with E-state index in [1.165, 1.54) is 23.8 Å². The van der Waals surface area contributed by atoms with Crippen molar-refractivity contribution >= 4 is 39.1 Å². The minimum atomic E-state index is -3.93. The Morgan fingerprint density at radius 3 is 2.59 bits per heavy atom. The Bertz CT molecular complexity index is 1760.